The number of aliphatic carboxylic acids is 1. The summed E-state index contributed by atoms with van der Waals surface area (Å²) in [6, 6.07) is -0.504. The fourth-order valence-corrected chi connectivity index (χ4v) is 2.12. The number of rotatable bonds is 4. The molecule has 3 N–H and O–H groups in total. The third-order valence-electron chi connectivity index (χ3n) is 3.46. The monoisotopic (exact) mass is 271 g/mol. The van der Waals surface area contributed by atoms with Crippen LogP contribution in [0, 0.1) is 5.41 Å². The van der Waals surface area contributed by atoms with Crippen molar-refractivity contribution in [2.45, 2.75) is 33.2 Å². The average Bonchev–Trinajstić information content (AvgIpc) is 2.69. The maximum absolute atomic E-state index is 12.3. The van der Waals surface area contributed by atoms with E-state index in [0.29, 0.717) is 13.0 Å². The van der Waals surface area contributed by atoms with Crippen LogP contribution in [-0.4, -0.2) is 58.5 Å². The molecule has 1 unspecified atom stereocenters. The first-order valence-electron chi connectivity index (χ1n) is 6.24. The minimum Gasteiger partial charge on any atom is -0.481 e. The SMILES string of the molecule is CC(C)N(CC(N)=O)C(=O)N1CCC(C)(C(=O)O)C1. The lowest BCUT2D eigenvalue weighted by Crippen LogP contribution is -2.49. The first-order valence-corrected chi connectivity index (χ1v) is 6.24. The third-order valence-corrected chi connectivity index (χ3v) is 3.46. The summed E-state index contributed by atoms with van der Waals surface area (Å²) >= 11 is 0. The molecule has 1 fully saturated rings. The summed E-state index contributed by atoms with van der Waals surface area (Å²) < 4.78 is 0. The van der Waals surface area contributed by atoms with Gasteiger partial charge in [-0.2, -0.15) is 0 Å². The average molecular weight is 271 g/mol. The number of urea groups is 1. The van der Waals surface area contributed by atoms with Crippen LogP contribution < -0.4 is 5.73 Å². The van der Waals surface area contributed by atoms with E-state index in [2.05, 4.69) is 0 Å². The molecule has 0 aromatic heterocycles. The van der Waals surface area contributed by atoms with Crippen molar-refractivity contribution in [3.8, 4) is 0 Å². The Morgan fingerprint density at radius 1 is 1.42 bits per heavy atom. The van der Waals surface area contributed by atoms with Crippen LogP contribution in [0.5, 0.6) is 0 Å². The molecule has 1 aliphatic rings. The lowest BCUT2D eigenvalue weighted by molar-refractivity contribution is -0.147. The zero-order chi connectivity index (χ0) is 14.8. The summed E-state index contributed by atoms with van der Waals surface area (Å²) in [5.74, 6) is -1.49. The normalized spacial score (nSPS) is 22.6. The zero-order valence-electron chi connectivity index (χ0n) is 11.5. The number of nitrogens with two attached hydrogens (primary N) is 1. The fraction of sp³-hybridized carbons (Fsp3) is 0.750. The summed E-state index contributed by atoms with van der Waals surface area (Å²) in [6.45, 7) is 5.57. The van der Waals surface area contributed by atoms with Gasteiger partial charge < -0.3 is 20.6 Å². The molecule has 0 bridgehead atoms. The van der Waals surface area contributed by atoms with Gasteiger partial charge in [-0.3, -0.25) is 9.59 Å². The van der Waals surface area contributed by atoms with E-state index in [9.17, 15) is 14.4 Å². The Bertz CT molecular complexity index is 396. The predicted molar refractivity (Wildman–Crippen MR) is 68.4 cm³/mol. The summed E-state index contributed by atoms with van der Waals surface area (Å²) in [7, 11) is 0. The van der Waals surface area contributed by atoms with E-state index < -0.39 is 17.3 Å². The Balaban J connectivity index is 2.77. The van der Waals surface area contributed by atoms with Gasteiger partial charge in [0.1, 0.15) is 6.54 Å². The Morgan fingerprint density at radius 3 is 2.37 bits per heavy atom. The van der Waals surface area contributed by atoms with Crippen LogP contribution in [0.4, 0.5) is 4.79 Å². The smallest absolute Gasteiger partial charge is 0.320 e. The van der Waals surface area contributed by atoms with Crippen molar-refractivity contribution < 1.29 is 19.5 Å². The number of carbonyl (C=O) groups excluding carboxylic acids is 2. The van der Waals surface area contributed by atoms with Gasteiger partial charge in [0.05, 0.1) is 5.41 Å². The number of primary amides is 1. The summed E-state index contributed by atoms with van der Waals surface area (Å²) in [5, 5.41) is 9.14. The van der Waals surface area contributed by atoms with Gasteiger partial charge in [-0.25, -0.2) is 4.79 Å². The van der Waals surface area contributed by atoms with Gasteiger partial charge in [0.15, 0.2) is 0 Å². The maximum Gasteiger partial charge on any atom is 0.320 e. The molecule has 0 aromatic carbocycles. The molecule has 1 heterocycles. The van der Waals surface area contributed by atoms with E-state index in [0.717, 1.165) is 0 Å². The zero-order valence-corrected chi connectivity index (χ0v) is 11.5. The Kier molecular flexibility index (Phi) is 4.39. The molecular formula is C12H21N3O4. The van der Waals surface area contributed by atoms with Gasteiger partial charge >= 0.3 is 12.0 Å². The summed E-state index contributed by atoms with van der Waals surface area (Å²) in [5.41, 5.74) is 4.21. The minimum atomic E-state index is -0.912. The molecule has 7 heteroatoms. The first-order chi connectivity index (χ1) is 8.67. The van der Waals surface area contributed by atoms with Crippen molar-refractivity contribution >= 4 is 17.9 Å². The van der Waals surface area contributed by atoms with Gasteiger partial charge in [-0.05, 0) is 27.2 Å². The number of hydrogen-bond acceptors (Lipinski definition) is 3. The van der Waals surface area contributed by atoms with Crippen molar-refractivity contribution in [2.75, 3.05) is 19.6 Å². The predicted octanol–water partition coefficient (Wildman–Crippen LogP) is 0.0987. The Labute approximate surface area is 112 Å². The van der Waals surface area contributed by atoms with Gasteiger partial charge in [-0.1, -0.05) is 0 Å². The van der Waals surface area contributed by atoms with E-state index in [-0.39, 0.29) is 25.2 Å². The molecule has 0 aromatic rings. The first kappa shape index (κ1) is 15.3. The number of carboxylic acid groups (broad SMARTS) is 1. The maximum atomic E-state index is 12.3. The van der Waals surface area contributed by atoms with E-state index in [1.54, 1.807) is 20.8 Å². The van der Waals surface area contributed by atoms with Gasteiger partial charge in [0.25, 0.3) is 0 Å². The molecule has 1 saturated heterocycles. The molecule has 0 aliphatic carbocycles. The van der Waals surface area contributed by atoms with Crippen LogP contribution >= 0.6 is 0 Å². The lowest BCUT2D eigenvalue weighted by atomic mass is 9.90. The topological polar surface area (TPSA) is 104 Å². The number of hydrogen-bond donors (Lipinski definition) is 2. The highest BCUT2D eigenvalue weighted by Crippen LogP contribution is 2.30. The highest BCUT2D eigenvalue weighted by atomic mass is 16.4. The van der Waals surface area contributed by atoms with Crippen LogP contribution in [-0.2, 0) is 9.59 Å². The van der Waals surface area contributed by atoms with E-state index in [4.69, 9.17) is 10.8 Å². The number of likely N-dealkylation sites (tertiary alicyclic amines) is 1. The van der Waals surface area contributed by atoms with E-state index in [1.165, 1.54) is 9.80 Å². The quantitative estimate of drug-likeness (QED) is 0.756. The molecule has 108 valence electrons. The molecule has 1 rings (SSSR count). The van der Waals surface area contributed by atoms with Crippen molar-refractivity contribution in [1.29, 1.82) is 0 Å². The standard InChI is InChI=1S/C12H21N3O4/c1-8(2)15(6-9(13)16)11(19)14-5-4-12(3,7-14)10(17)18/h8H,4-7H2,1-3H3,(H2,13,16)(H,17,18). The number of amides is 3. The minimum absolute atomic E-state index is 0.156. The Morgan fingerprint density at radius 2 is 2.00 bits per heavy atom. The second-order valence-corrected chi connectivity index (χ2v) is 5.51. The van der Waals surface area contributed by atoms with E-state index >= 15 is 0 Å². The Hall–Kier alpha value is -1.79. The van der Waals surface area contributed by atoms with Crippen LogP contribution in [0.25, 0.3) is 0 Å². The van der Waals surface area contributed by atoms with Gasteiger partial charge in [0, 0.05) is 19.1 Å². The molecule has 7 nitrogen and oxygen atoms in total. The van der Waals surface area contributed by atoms with E-state index in [1.807, 2.05) is 0 Å². The van der Waals surface area contributed by atoms with Crippen LogP contribution in [0.1, 0.15) is 27.2 Å². The second-order valence-electron chi connectivity index (χ2n) is 5.51. The van der Waals surface area contributed by atoms with Crippen molar-refractivity contribution in [1.82, 2.24) is 9.80 Å². The molecule has 0 spiro atoms. The third kappa shape index (κ3) is 3.36. The molecular weight excluding hydrogens is 250 g/mol. The van der Waals surface area contributed by atoms with Crippen LogP contribution in [0.15, 0.2) is 0 Å². The number of nitrogens with zero attached hydrogens (tertiary/aromatic N) is 2. The van der Waals surface area contributed by atoms with Gasteiger partial charge in [-0.15, -0.1) is 0 Å². The molecule has 3 amide bonds. The molecule has 0 saturated carbocycles. The number of carbonyl (C=O) groups is 3. The van der Waals surface area contributed by atoms with Crippen molar-refractivity contribution in [2.24, 2.45) is 11.1 Å². The van der Waals surface area contributed by atoms with Crippen molar-refractivity contribution in [3.05, 3.63) is 0 Å². The molecule has 1 atom stereocenters. The van der Waals surface area contributed by atoms with Gasteiger partial charge in [0.2, 0.25) is 5.91 Å². The van der Waals surface area contributed by atoms with Crippen molar-refractivity contribution in [3.63, 3.8) is 0 Å². The molecule has 19 heavy (non-hydrogen) atoms. The highest BCUT2D eigenvalue weighted by molar-refractivity contribution is 5.84. The fourth-order valence-electron chi connectivity index (χ4n) is 2.12. The van der Waals surface area contributed by atoms with Crippen LogP contribution in [0.2, 0.25) is 0 Å². The largest absolute Gasteiger partial charge is 0.481 e. The highest BCUT2D eigenvalue weighted by Gasteiger charge is 2.43. The lowest BCUT2D eigenvalue weighted by Gasteiger charge is -2.30. The second kappa shape index (κ2) is 5.46. The molecule has 1 aliphatic heterocycles. The number of carboxylic acids is 1. The van der Waals surface area contributed by atoms with Crippen LogP contribution in [0.3, 0.4) is 0 Å². The molecule has 0 radical (unpaired) electrons. The summed E-state index contributed by atoms with van der Waals surface area (Å²) in [6.07, 6.45) is 0.413. The summed E-state index contributed by atoms with van der Waals surface area (Å²) in [4.78, 5) is 37.2.